The first-order valence-electron chi connectivity index (χ1n) is 8.55. The first kappa shape index (κ1) is 18.4. The summed E-state index contributed by atoms with van der Waals surface area (Å²) in [5, 5.41) is 40.3. The number of carbonyl (C=O) groups excluding carboxylic acids is 3. The van der Waals surface area contributed by atoms with E-state index in [2.05, 4.69) is 0 Å². The average molecular weight is 370 g/mol. The van der Waals surface area contributed by atoms with Crippen molar-refractivity contribution in [2.45, 2.75) is 32.6 Å². The van der Waals surface area contributed by atoms with Crippen molar-refractivity contribution >= 4 is 17.3 Å². The molecular formula is C20H18O7. The van der Waals surface area contributed by atoms with Crippen molar-refractivity contribution in [3.05, 3.63) is 46.0 Å². The average Bonchev–Trinajstić information content (AvgIpc) is 2.58. The van der Waals surface area contributed by atoms with Crippen LogP contribution in [0.5, 0.6) is 23.0 Å². The molecule has 2 aromatic carbocycles. The van der Waals surface area contributed by atoms with Gasteiger partial charge in [-0.1, -0.05) is 19.8 Å². The zero-order chi connectivity index (χ0) is 19.9. The Morgan fingerprint density at radius 2 is 1.52 bits per heavy atom. The summed E-state index contributed by atoms with van der Waals surface area (Å²) in [6, 6.07) is 2.89. The predicted molar refractivity (Wildman–Crippen MR) is 94.9 cm³/mol. The highest BCUT2D eigenvalue weighted by Gasteiger charge is 2.37. The van der Waals surface area contributed by atoms with E-state index in [1.807, 2.05) is 6.92 Å². The van der Waals surface area contributed by atoms with Crippen LogP contribution in [0, 0.1) is 0 Å². The molecule has 0 unspecified atom stereocenters. The van der Waals surface area contributed by atoms with Crippen LogP contribution in [0.1, 0.15) is 74.8 Å². The van der Waals surface area contributed by atoms with Gasteiger partial charge in [0.05, 0.1) is 11.1 Å². The third-order valence-corrected chi connectivity index (χ3v) is 4.61. The van der Waals surface area contributed by atoms with Crippen LogP contribution < -0.4 is 0 Å². The Bertz CT molecular complexity index is 989. The maximum Gasteiger partial charge on any atom is 0.202 e. The molecule has 0 aliphatic heterocycles. The molecule has 0 saturated carbocycles. The Balaban J connectivity index is 2.17. The van der Waals surface area contributed by atoms with E-state index in [1.54, 1.807) is 0 Å². The van der Waals surface area contributed by atoms with E-state index in [9.17, 15) is 34.8 Å². The Morgan fingerprint density at radius 1 is 0.852 bits per heavy atom. The molecule has 0 bridgehead atoms. The molecule has 0 aromatic heterocycles. The van der Waals surface area contributed by atoms with Crippen LogP contribution >= 0.6 is 0 Å². The molecule has 0 amide bonds. The summed E-state index contributed by atoms with van der Waals surface area (Å²) >= 11 is 0. The largest absolute Gasteiger partial charge is 0.508 e. The quantitative estimate of drug-likeness (QED) is 0.401. The van der Waals surface area contributed by atoms with Crippen LogP contribution in [0.4, 0.5) is 0 Å². The molecule has 1 aliphatic rings. The summed E-state index contributed by atoms with van der Waals surface area (Å²) in [4.78, 5) is 37.9. The minimum absolute atomic E-state index is 0.0750. The minimum Gasteiger partial charge on any atom is -0.508 e. The highest BCUT2D eigenvalue weighted by Crippen LogP contribution is 2.43. The van der Waals surface area contributed by atoms with Crippen LogP contribution in [0.2, 0.25) is 0 Å². The molecule has 0 radical (unpaired) electrons. The van der Waals surface area contributed by atoms with E-state index in [4.69, 9.17) is 0 Å². The lowest BCUT2D eigenvalue weighted by atomic mass is 9.81. The summed E-state index contributed by atoms with van der Waals surface area (Å²) in [5.41, 5.74) is -1.75. The van der Waals surface area contributed by atoms with Crippen molar-refractivity contribution in [3.63, 3.8) is 0 Å². The monoisotopic (exact) mass is 370 g/mol. The van der Waals surface area contributed by atoms with Crippen molar-refractivity contribution in [2.75, 3.05) is 0 Å². The van der Waals surface area contributed by atoms with Crippen LogP contribution in [0.15, 0.2) is 18.2 Å². The molecule has 7 heteroatoms. The van der Waals surface area contributed by atoms with E-state index in [0.717, 1.165) is 31.0 Å². The summed E-state index contributed by atoms with van der Waals surface area (Å²) in [5.74, 6) is -4.56. The number of Topliss-reactive ketones (excluding diaryl/α,β-unsaturated/α-hetero) is 1. The van der Waals surface area contributed by atoms with Gasteiger partial charge >= 0.3 is 0 Å². The van der Waals surface area contributed by atoms with E-state index >= 15 is 0 Å². The summed E-state index contributed by atoms with van der Waals surface area (Å²) < 4.78 is 0. The molecule has 1 aliphatic carbocycles. The summed E-state index contributed by atoms with van der Waals surface area (Å²) in [6.45, 7) is 1.96. The van der Waals surface area contributed by atoms with E-state index in [0.29, 0.717) is 6.42 Å². The molecule has 0 saturated heterocycles. The SMILES string of the molecule is CCCCCC(=O)c1c(O)cc2c(c1O)C(=O)c1c(O)cc(O)cc1C2=O. The first-order valence-corrected chi connectivity index (χ1v) is 8.55. The Morgan fingerprint density at radius 3 is 2.19 bits per heavy atom. The molecule has 0 heterocycles. The van der Waals surface area contributed by atoms with Gasteiger partial charge in [-0.2, -0.15) is 0 Å². The van der Waals surface area contributed by atoms with Crippen molar-refractivity contribution < 1.29 is 34.8 Å². The van der Waals surface area contributed by atoms with Gasteiger partial charge in [-0.05, 0) is 18.6 Å². The summed E-state index contributed by atoms with van der Waals surface area (Å²) in [7, 11) is 0. The van der Waals surface area contributed by atoms with E-state index < -0.39 is 51.5 Å². The van der Waals surface area contributed by atoms with Crippen LogP contribution in [-0.4, -0.2) is 37.8 Å². The van der Waals surface area contributed by atoms with Crippen molar-refractivity contribution in [2.24, 2.45) is 0 Å². The fraction of sp³-hybridized carbons (Fsp3) is 0.250. The summed E-state index contributed by atoms with van der Waals surface area (Å²) in [6.07, 6.45) is 2.30. The zero-order valence-corrected chi connectivity index (χ0v) is 14.6. The maximum atomic E-state index is 12.8. The molecule has 2 aromatic rings. The number of hydrogen-bond acceptors (Lipinski definition) is 7. The van der Waals surface area contributed by atoms with Gasteiger partial charge in [0.2, 0.25) is 5.78 Å². The van der Waals surface area contributed by atoms with E-state index in [1.165, 1.54) is 0 Å². The highest BCUT2D eigenvalue weighted by atomic mass is 16.3. The molecule has 0 spiro atoms. The number of phenols is 4. The first-order chi connectivity index (χ1) is 12.8. The van der Waals surface area contributed by atoms with Gasteiger partial charge < -0.3 is 20.4 Å². The smallest absolute Gasteiger partial charge is 0.202 e. The second kappa shape index (κ2) is 6.75. The van der Waals surface area contributed by atoms with Crippen LogP contribution in [0.3, 0.4) is 0 Å². The fourth-order valence-corrected chi connectivity index (χ4v) is 3.30. The second-order valence-electron chi connectivity index (χ2n) is 6.47. The van der Waals surface area contributed by atoms with Crippen LogP contribution in [-0.2, 0) is 0 Å². The fourth-order valence-electron chi connectivity index (χ4n) is 3.30. The standard InChI is InChI=1S/C20H18O7/c1-2-3-4-5-12(22)17-14(24)8-11-16(20(17)27)19(26)15-10(18(11)25)6-9(21)7-13(15)23/h6-8,21,23-24,27H,2-5H2,1H3. The lowest BCUT2D eigenvalue weighted by Crippen LogP contribution is -2.22. The Kier molecular flexibility index (Phi) is 4.61. The number of aromatic hydroxyl groups is 4. The molecule has 27 heavy (non-hydrogen) atoms. The van der Waals surface area contributed by atoms with Crippen molar-refractivity contribution in [3.8, 4) is 23.0 Å². The van der Waals surface area contributed by atoms with E-state index in [-0.39, 0.29) is 23.1 Å². The number of phenolic OH excluding ortho intramolecular Hbond substituents is 4. The Hall–Kier alpha value is -3.35. The maximum absolute atomic E-state index is 12.8. The third-order valence-electron chi connectivity index (χ3n) is 4.61. The minimum atomic E-state index is -0.864. The van der Waals surface area contributed by atoms with Gasteiger partial charge in [0.15, 0.2) is 11.6 Å². The Labute approximate surface area is 154 Å². The number of hydrogen-bond donors (Lipinski definition) is 4. The normalized spacial score (nSPS) is 12.6. The van der Waals surface area contributed by atoms with Gasteiger partial charge in [0, 0.05) is 23.6 Å². The number of carbonyl (C=O) groups is 3. The van der Waals surface area contributed by atoms with Gasteiger partial charge in [-0.3, -0.25) is 14.4 Å². The number of benzene rings is 2. The molecule has 3 rings (SSSR count). The third kappa shape index (κ3) is 2.91. The molecule has 0 fully saturated rings. The zero-order valence-electron chi connectivity index (χ0n) is 14.6. The number of ketones is 3. The number of rotatable bonds is 5. The topological polar surface area (TPSA) is 132 Å². The molecular weight excluding hydrogens is 352 g/mol. The predicted octanol–water partition coefficient (Wildman–Crippen LogP) is 3.05. The molecule has 7 nitrogen and oxygen atoms in total. The molecule has 4 N–H and O–H groups in total. The van der Waals surface area contributed by atoms with Gasteiger partial charge in [0.25, 0.3) is 0 Å². The molecule has 140 valence electrons. The number of fused-ring (bicyclic) bond motifs is 2. The number of unbranched alkanes of at least 4 members (excludes halogenated alkanes) is 2. The van der Waals surface area contributed by atoms with Gasteiger partial charge in [0.1, 0.15) is 28.6 Å². The van der Waals surface area contributed by atoms with Crippen molar-refractivity contribution in [1.82, 2.24) is 0 Å². The lowest BCUT2D eigenvalue weighted by Gasteiger charge is -2.21. The second-order valence-corrected chi connectivity index (χ2v) is 6.47. The molecule has 0 atom stereocenters. The lowest BCUT2D eigenvalue weighted by molar-refractivity contribution is 0.0963. The van der Waals surface area contributed by atoms with Gasteiger partial charge in [-0.15, -0.1) is 0 Å². The van der Waals surface area contributed by atoms with Gasteiger partial charge in [-0.25, -0.2) is 0 Å². The van der Waals surface area contributed by atoms with Crippen LogP contribution in [0.25, 0.3) is 0 Å². The van der Waals surface area contributed by atoms with Crippen molar-refractivity contribution in [1.29, 1.82) is 0 Å². The highest BCUT2D eigenvalue weighted by molar-refractivity contribution is 6.31.